The molecule has 1 saturated heterocycles. The largest absolute Gasteiger partial charge is 0.497 e. The van der Waals surface area contributed by atoms with E-state index in [0.717, 1.165) is 39.5 Å². The summed E-state index contributed by atoms with van der Waals surface area (Å²) in [6, 6.07) is 23.6. The van der Waals surface area contributed by atoms with Crippen molar-refractivity contribution in [3.05, 3.63) is 95.9 Å². The van der Waals surface area contributed by atoms with Gasteiger partial charge in [0.1, 0.15) is 11.3 Å². The van der Waals surface area contributed by atoms with Crippen molar-refractivity contribution in [3.8, 4) is 23.1 Å². The van der Waals surface area contributed by atoms with Crippen LogP contribution < -0.4 is 20.3 Å². The molecule has 0 saturated carbocycles. The Bertz CT molecular complexity index is 1890. The SMILES string of the molecule is COc1ccc(CN(C)c2cc(Nc3cccc(-c4ccc(C5OCCO5)cn4)c3)nn3c(C(=O)NC(C)(C)C#N)cnc23)cc1. The first-order valence-electron chi connectivity index (χ1n) is 14.8. The van der Waals surface area contributed by atoms with Gasteiger partial charge in [0.25, 0.3) is 5.91 Å². The molecule has 0 spiro atoms. The molecule has 1 fully saturated rings. The van der Waals surface area contributed by atoms with Gasteiger partial charge < -0.3 is 29.7 Å². The van der Waals surface area contributed by atoms with Crippen LogP contribution in [0.25, 0.3) is 16.9 Å². The maximum absolute atomic E-state index is 13.3. The van der Waals surface area contributed by atoms with E-state index < -0.39 is 11.4 Å². The molecule has 0 atom stereocenters. The van der Waals surface area contributed by atoms with Gasteiger partial charge in [0.05, 0.1) is 44.0 Å². The molecule has 0 radical (unpaired) electrons. The maximum Gasteiger partial charge on any atom is 0.272 e. The normalized spacial score (nSPS) is 13.4. The predicted molar refractivity (Wildman–Crippen MR) is 173 cm³/mol. The van der Waals surface area contributed by atoms with Gasteiger partial charge in [0.15, 0.2) is 23.4 Å². The summed E-state index contributed by atoms with van der Waals surface area (Å²) in [5.74, 6) is 0.808. The molecule has 1 amide bonds. The van der Waals surface area contributed by atoms with Crippen LogP contribution in [-0.4, -0.2) is 58.4 Å². The van der Waals surface area contributed by atoms with Gasteiger partial charge in [0.2, 0.25) is 0 Å². The molecule has 2 N–H and O–H groups in total. The number of carbonyl (C=O) groups is 1. The third-order valence-corrected chi connectivity index (χ3v) is 7.49. The lowest BCUT2D eigenvalue weighted by Gasteiger charge is -2.21. The average molecular weight is 619 g/mol. The van der Waals surface area contributed by atoms with Crippen molar-refractivity contribution in [2.75, 3.05) is 37.6 Å². The minimum atomic E-state index is -1.07. The fourth-order valence-electron chi connectivity index (χ4n) is 5.09. The summed E-state index contributed by atoms with van der Waals surface area (Å²) in [5.41, 5.74) is 4.78. The van der Waals surface area contributed by atoms with Crippen LogP contribution in [0.1, 0.15) is 41.8 Å². The highest BCUT2D eigenvalue weighted by Gasteiger charge is 2.25. The number of nitriles is 1. The molecule has 1 aliphatic rings. The second kappa shape index (κ2) is 12.8. The molecular weight excluding hydrogens is 584 g/mol. The quantitative estimate of drug-likeness (QED) is 0.213. The van der Waals surface area contributed by atoms with Crippen molar-refractivity contribution in [1.82, 2.24) is 24.9 Å². The second-order valence-electron chi connectivity index (χ2n) is 11.4. The molecule has 234 valence electrons. The molecule has 2 aromatic carbocycles. The van der Waals surface area contributed by atoms with Gasteiger partial charge in [-0.3, -0.25) is 9.78 Å². The Hall–Kier alpha value is -5.51. The van der Waals surface area contributed by atoms with Gasteiger partial charge in [0, 0.05) is 42.7 Å². The summed E-state index contributed by atoms with van der Waals surface area (Å²) in [5, 5.41) is 20.4. The highest BCUT2D eigenvalue weighted by Crippen LogP contribution is 2.30. The fraction of sp³-hybridized carbons (Fsp3) is 0.265. The Morgan fingerprint density at radius 1 is 1.09 bits per heavy atom. The average Bonchev–Trinajstić information content (AvgIpc) is 3.76. The molecule has 1 aliphatic heterocycles. The molecule has 0 unspecified atom stereocenters. The summed E-state index contributed by atoms with van der Waals surface area (Å²) in [6.45, 7) is 4.97. The minimum Gasteiger partial charge on any atom is -0.497 e. The molecule has 12 nitrogen and oxygen atoms in total. The summed E-state index contributed by atoms with van der Waals surface area (Å²) in [7, 11) is 3.59. The lowest BCUT2D eigenvalue weighted by atomic mass is 10.1. The summed E-state index contributed by atoms with van der Waals surface area (Å²) < 4.78 is 18.0. The van der Waals surface area contributed by atoms with Crippen molar-refractivity contribution in [2.45, 2.75) is 32.2 Å². The topological polar surface area (TPSA) is 139 Å². The molecule has 6 rings (SSSR count). The van der Waals surface area contributed by atoms with E-state index >= 15 is 0 Å². The van der Waals surface area contributed by atoms with Gasteiger partial charge in [-0.05, 0) is 49.7 Å². The van der Waals surface area contributed by atoms with Crippen molar-refractivity contribution in [3.63, 3.8) is 0 Å². The lowest BCUT2D eigenvalue weighted by molar-refractivity contribution is -0.0443. The Morgan fingerprint density at radius 3 is 2.57 bits per heavy atom. The Balaban J connectivity index is 1.33. The van der Waals surface area contributed by atoms with E-state index in [2.05, 4.69) is 26.7 Å². The third kappa shape index (κ3) is 6.61. The monoisotopic (exact) mass is 618 g/mol. The highest BCUT2D eigenvalue weighted by atomic mass is 16.7. The number of anilines is 3. The third-order valence-electron chi connectivity index (χ3n) is 7.49. The first-order valence-corrected chi connectivity index (χ1v) is 14.8. The summed E-state index contributed by atoms with van der Waals surface area (Å²) in [4.78, 5) is 24.5. The van der Waals surface area contributed by atoms with Gasteiger partial charge >= 0.3 is 0 Å². The number of fused-ring (bicyclic) bond motifs is 1. The van der Waals surface area contributed by atoms with Crippen LogP contribution in [0.3, 0.4) is 0 Å². The number of rotatable bonds is 10. The number of pyridine rings is 1. The molecule has 5 aromatic rings. The van der Waals surface area contributed by atoms with Crippen LogP contribution in [0.4, 0.5) is 17.2 Å². The standard InChI is InChI=1S/C34H34N8O4/c1-34(2,21-35)39-32(43)29-19-37-31-28(41(3)20-22-8-11-26(44-4)12-9-22)17-30(40-42(29)31)38-25-7-5-6-23(16-25)27-13-10-24(18-36-27)33-45-14-15-46-33/h5-13,16-19,33H,14-15,20H2,1-4H3,(H,38,40)(H,39,43). The molecule has 0 aliphatic carbocycles. The van der Waals surface area contributed by atoms with Crippen molar-refractivity contribution in [1.29, 1.82) is 5.26 Å². The van der Waals surface area contributed by atoms with Crippen LogP contribution in [-0.2, 0) is 16.0 Å². The van der Waals surface area contributed by atoms with Gasteiger partial charge in [-0.15, -0.1) is 5.10 Å². The van der Waals surface area contributed by atoms with Crippen molar-refractivity contribution in [2.24, 2.45) is 0 Å². The van der Waals surface area contributed by atoms with Crippen molar-refractivity contribution >= 4 is 28.7 Å². The molecule has 46 heavy (non-hydrogen) atoms. The lowest BCUT2D eigenvalue weighted by Crippen LogP contribution is -2.42. The Kier molecular flexibility index (Phi) is 8.52. The minimum absolute atomic E-state index is 0.203. The van der Waals surface area contributed by atoms with E-state index in [0.29, 0.717) is 31.2 Å². The van der Waals surface area contributed by atoms with Crippen LogP contribution in [0, 0.1) is 11.3 Å². The van der Waals surface area contributed by atoms with E-state index in [4.69, 9.17) is 19.3 Å². The van der Waals surface area contributed by atoms with E-state index in [-0.39, 0.29) is 12.0 Å². The molecule has 12 heteroatoms. The van der Waals surface area contributed by atoms with Crippen LogP contribution >= 0.6 is 0 Å². The van der Waals surface area contributed by atoms with Crippen molar-refractivity contribution < 1.29 is 19.0 Å². The van der Waals surface area contributed by atoms with E-state index in [1.165, 1.54) is 10.7 Å². The second-order valence-corrected chi connectivity index (χ2v) is 11.4. The number of methoxy groups -OCH3 is 1. The van der Waals surface area contributed by atoms with Crippen LogP contribution in [0.2, 0.25) is 0 Å². The maximum atomic E-state index is 13.3. The van der Waals surface area contributed by atoms with Crippen LogP contribution in [0.5, 0.6) is 5.75 Å². The number of imidazole rings is 1. The zero-order chi connectivity index (χ0) is 32.3. The number of aromatic nitrogens is 4. The first-order chi connectivity index (χ1) is 22.2. The number of benzene rings is 2. The number of carbonyl (C=O) groups excluding carboxylic acids is 1. The molecule has 4 heterocycles. The number of nitrogens with zero attached hydrogens (tertiary/aromatic N) is 6. The summed E-state index contributed by atoms with van der Waals surface area (Å²) >= 11 is 0. The van der Waals surface area contributed by atoms with E-state index in [1.54, 1.807) is 27.2 Å². The first kappa shape index (κ1) is 30.5. The Labute approximate surface area is 266 Å². The zero-order valence-corrected chi connectivity index (χ0v) is 26.0. The Morgan fingerprint density at radius 2 is 1.87 bits per heavy atom. The number of hydrogen-bond acceptors (Lipinski definition) is 10. The number of hydrogen-bond donors (Lipinski definition) is 2. The fourth-order valence-corrected chi connectivity index (χ4v) is 5.09. The molecule has 3 aromatic heterocycles. The summed E-state index contributed by atoms with van der Waals surface area (Å²) in [6.07, 6.45) is 2.86. The number of ether oxygens (including phenoxy) is 3. The van der Waals surface area contributed by atoms with Gasteiger partial charge in [-0.1, -0.05) is 30.3 Å². The van der Waals surface area contributed by atoms with E-state index in [9.17, 15) is 10.1 Å². The predicted octanol–water partition coefficient (Wildman–Crippen LogP) is 5.26. The number of amides is 1. The van der Waals surface area contributed by atoms with Gasteiger partial charge in [-0.25, -0.2) is 9.50 Å². The molecular formula is C34H34N8O4. The smallest absolute Gasteiger partial charge is 0.272 e. The van der Waals surface area contributed by atoms with E-state index in [1.807, 2.05) is 78.7 Å². The zero-order valence-electron chi connectivity index (χ0n) is 26.0. The highest BCUT2D eigenvalue weighted by molar-refractivity contribution is 5.94. The van der Waals surface area contributed by atoms with Gasteiger partial charge in [-0.2, -0.15) is 5.26 Å². The van der Waals surface area contributed by atoms with Crippen LogP contribution in [0.15, 0.2) is 79.1 Å². The number of nitrogens with one attached hydrogen (secondary N) is 2. The molecule has 0 bridgehead atoms.